The van der Waals surface area contributed by atoms with Gasteiger partial charge in [-0.2, -0.15) is 0 Å². The Morgan fingerprint density at radius 2 is 2.15 bits per heavy atom. The molecular weight excluding hydrogens is 352 g/mol. The molecule has 0 aliphatic heterocycles. The number of ketones is 1. The molecule has 26 heavy (non-hydrogen) atoms. The van der Waals surface area contributed by atoms with Crippen LogP contribution in [-0.2, 0) is 6.42 Å². The van der Waals surface area contributed by atoms with Crippen molar-refractivity contribution < 1.29 is 18.7 Å². The van der Waals surface area contributed by atoms with E-state index in [1.165, 1.54) is 11.3 Å². The molecule has 3 aromatic rings. The molecule has 0 saturated carbocycles. The summed E-state index contributed by atoms with van der Waals surface area (Å²) in [5.41, 5.74) is 1.18. The third-order valence-corrected chi connectivity index (χ3v) is 5.46. The summed E-state index contributed by atoms with van der Waals surface area (Å²) < 4.78 is 10.9. The molecule has 0 spiro atoms. The van der Waals surface area contributed by atoms with Crippen molar-refractivity contribution in [3.63, 3.8) is 0 Å². The Hall–Kier alpha value is -2.67. The van der Waals surface area contributed by atoms with Crippen molar-refractivity contribution >= 4 is 39.1 Å². The molecule has 1 aromatic carbocycles. The summed E-state index contributed by atoms with van der Waals surface area (Å²) in [4.78, 5) is 29.9. The molecule has 0 fully saturated rings. The second kappa shape index (κ2) is 5.95. The van der Waals surface area contributed by atoms with Gasteiger partial charge in [-0.25, -0.2) is 4.98 Å². The lowest BCUT2D eigenvalue weighted by molar-refractivity contribution is 0.0915. The van der Waals surface area contributed by atoms with Gasteiger partial charge in [-0.05, 0) is 24.0 Å². The number of rotatable bonds is 3. The van der Waals surface area contributed by atoms with E-state index >= 15 is 0 Å². The van der Waals surface area contributed by atoms with Gasteiger partial charge in [-0.15, -0.1) is 0 Å². The molecule has 134 valence electrons. The van der Waals surface area contributed by atoms with Crippen LogP contribution in [0.1, 0.15) is 46.2 Å². The first-order chi connectivity index (χ1) is 12.4. The molecule has 0 bridgehead atoms. The first kappa shape index (κ1) is 16.8. The lowest BCUT2D eigenvalue weighted by Crippen LogP contribution is -2.26. The van der Waals surface area contributed by atoms with Crippen molar-refractivity contribution in [1.82, 2.24) is 4.98 Å². The first-order valence-electron chi connectivity index (χ1n) is 8.27. The Morgan fingerprint density at radius 1 is 1.35 bits per heavy atom. The summed E-state index contributed by atoms with van der Waals surface area (Å²) in [6.45, 7) is 4.10. The molecule has 1 amide bonds. The molecule has 1 aliphatic rings. The van der Waals surface area contributed by atoms with Crippen LogP contribution in [0.5, 0.6) is 5.75 Å². The van der Waals surface area contributed by atoms with Gasteiger partial charge in [0.1, 0.15) is 0 Å². The van der Waals surface area contributed by atoms with Gasteiger partial charge in [0.05, 0.1) is 17.7 Å². The Labute approximate surface area is 154 Å². The quantitative estimate of drug-likeness (QED) is 0.743. The largest absolute Gasteiger partial charge is 0.493 e. The zero-order chi connectivity index (χ0) is 18.5. The predicted octanol–water partition coefficient (Wildman–Crippen LogP) is 4.31. The number of furan rings is 1. The van der Waals surface area contributed by atoms with Gasteiger partial charge in [0.15, 0.2) is 28.0 Å². The number of anilines is 1. The summed E-state index contributed by atoms with van der Waals surface area (Å²) in [6.07, 6.45) is 1.22. The number of nitrogens with one attached hydrogen (secondary N) is 1. The topological polar surface area (TPSA) is 81.4 Å². The number of hydrogen-bond donors (Lipinski definition) is 1. The molecular formula is C19H18N2O4S. The van der Waals surface area contributed by atoms with E-state index in [1.807, 2.05) is 26.0 Å². The predicted molar refractivity (Wildman–Crippen MR) is 99.3 cm³/mol. The maximum absolute atomic E-state index is 12.5. The van der Waals surface area contributed by atoms with Crippen molar-refractivity contribution in [3.05, 3.63) is 40.6 Å². The average molecular weight is 370 g/mol. The van der Waals surface area contributed by atoms with Crippen LogP contribution in [0, 0.1) is 5.41 Å². The Balaban J connectivity index is 1.61. The number of para-hydroxylation sites is 1. The zero-order valence-electron chi connectivity index (χ0n) is 14.7. The summed E-state index contributed by atoms with van der Waals surface area (Å²) in [5.74, 6) is 0.423. The number of methoxy groups -OCH3 is 1. The van der Waals surface area contributed by atoms with Crippen LogP contribution in [-0.4, -0.2) is 23.8 Å². The molecule has 2 heterocycles. The van der Waals surface area contributed by atoms with Gasteiger partial charge in [-0.3, -0.25) is 14.9 Å². The van der Waals surface area contributed by atoms with Gasteiger partial charge < -0.3 is 9.15 Å². The number of Topliss-reactive ketones (excluding diaryl/α,β-unsaturated/α-hetero) is 1. The number of aromatic nitrogens is 1. The standard InChI is InChI=1S/C19H18N2O4S/c1-19(2)8-11-16(12(22)9-19)26-18(20-11)21-17(23)14-7-10-5-4-6-13(24-3)15(10)25-14/h4-7H,8-9H2,1-3H3,(H,20,21,23). The maximum atomic E-state index is 12.5. The second-order valence-electron chi connectivity index (χ2n) is 7.18. The number of amides is 1. The van der Waals surface area contributed by atoms with E-state index < -0.39 is 5.91 Å². The van der Waals surface area contributed by atoms with Crippen molar-refractivity contribution in [2.24, 2.45) is 5.41 Å². The fourth-order valence-corrected chi connectivity index (χ4v) is 4.16. The minimum absolute atomic E-state index is 0.0859. The Bertz CT molecular complexity index is 1030. The highest BCUT2D eigenvalue weighted by Gasteiger charge is 2.34. The highest BCUT2D eigenvalue weighted by Crippen LogP contribution is 2.38. The van der Waals surface area contributed by atoms with Crippen LogP contribution in [0.4, 0.5) is 5.13 Å². The molecule has 0 atom stereocenters. The molecule has 4 rings (SSSR count). The zero-order valence-corrected chi connectivity index (χ0v) is 15.5. The normalized spacial score (nSPS) is 15.7. The number of thiazole rings is 1. The smallest absolute Gasteiger partial charge is 0.293 e. The fraction of sp³-hybridized carbons (Fsp3) is 0.316. The average Bonchev–Trinajstić information content (AvgIpc) is 3.17. The molecule has 0 unspecified atom stereocenters. The maximum Gasteiger partial charge on any atom is 0.293 e. The van der Waals surface area contributed by atoms with Crippen molar-refractivity contribution in [3.8, 4) is 5.75 Å². The molecule has 1 aliphatic carbocycles. The number of ether oxygens (including phenoxy) is 1. The summed E-state index contributed by atoms with van der Waals surface area (Å²) >= 11 is 1.22. The van der Waals surface area contributed by atoms with Crippen LogP contribution in [0.2, 0.25) is 0 Å². The highest BCUT2D eigenvalue weighted by molar-refractivity contribution is 7.17. The number of nitrogens with zero attached hydrogens (tertiary/aromatic N) is 1. The van der Waals surface area contributed by atoms with Crippen molar-refractivity contribution in [2.45, 2.75) is 26.7 Å². The summed E-state index contributed by atoms with van der Waals surface area (Å²) in [5, 5.41) is 3.94. The molecule has 7 heteroatoms. The van der Waals surface area contributed by atoms with Crippen molar-refractivity contribution in [1.29, 1.82) is 0 Å². The summed E-state index contributed by atoms with van der Waals surface area (Å²) in [6, 6.07) is 7.12. The highest BCUT2D eigenvalue weighted by atomic mass is 32.1. The van der Waals surface area contributed by atoms with E-state index in [2.05, 4.69) is 10.3 Å². The van der Waals surface area contributed by atoms with Crippen molar-refractivity contribution in [2.75, 3.05) is 12.4 Å². The van der Waals surface area contributed by atoms with E-state index in [1.54, 1.807) is 19.2 Å². The lowest BCUT2D eigenvalue weighted by Gasteiger charge is -2.26. The van der Waals surface area contributed by atoms with Crippen LogP contribution >= 0.6 is 11.3 Å². The Morgan fingerprint density at radius 3 is 2.92 bits per heavy atom. The minimum atomic E-state index is -0.402. The van der Waals surface area contributed by atoms with Crippen LogP contribution in [0.15, 0.2) is 28.7 Å². The lowest BCUT2D eigenvalue weighted by atomic mass is 9.78. The molecule has 2 aromatic heterocycles. The van der Waals surface area contributed by atoms with E-state index in [-0.39, 0.29) is 17.0 Å². The molecule has 6 nitrogen and oxygen atoms in total. The van der Waals surface area contributed by atoms with Gasteiger partial charge >= 0.3 is 0 Å². The Kier molecular flexibility index (Phi) is 3.84. The van der Waals surface area contributed by atoms with Gasteiger partial charge in [0.2, 0.25) is 0 Å². The SMILES string of the molecule is COc1cccc2cc(C(=O)Nc3nc4c(s3)C(=O)CC(C)(C)C4)oc12. The van der Waals surface area contributed by atoms with Crippen LogP contribution in [0.25, 0.3) is 11.0 Å². The van der Waals surface area contributed by atoms with Gasteiger partial charge in [-0.1, -0.05) is 37.3 Å². The van der Waals surface area contributed by atoms with E-state index in [9.17, 15) is 9.59 Å². The number of carbonyl (C=O) groups excluding carboxylic acids is 2. The number of benzene rings is 1. The molecule has 0 saturated heterocycles. The number of hydrogen-bond acceptors (Lipinski definition) is 6. The second-order valence-corrected chi connectivity index (χ2v) is 8.18. The van der Waals surface area contributed by atoms with Crippen LogP contribution < -0.4 is 10.1 Å². The monoisotopic (exact) mass is 370 g/mol. The van der Waals surface area contributed by atoms with Gasteiger partial charge in [0.25, 0.3) is 5.91 Å². The van der Waals surface area contributed by atoms with Gasteiger partial charge in [0, 0.05) is 11.8 Å². The van der Waals surface area contributed by atoms with E-state index in [4.69, 9.17) is 9.15 Å². The fourth-order valence-electron chi connectivity index (χ4n) is 3.24. The molecule has 0 radical (unpaired) electrons. The minimum Gasteiger partial charge on any atom is -0.493 e. The third kappa shape index (κ3) is 2.88. The van der Waals surface area contributed by atoms with E-state index in [0.29, 0.717) is 27.8 Å². The third-order valence-electron chi connectivity index (χ3n) is 4.41. The number of fused-ring (bicyclic) bond motifs is 2. The summed E-state index contributed by atoms with van der Waals surface area (Å²) in [7, 11) is 1.55. The van der Waals surface area contributed by atoms with E-state index in [0.717, 1.165) is 17.5 Å². The number of carbonyl (C=O) groups is 2. The van der Waals surface area contributed by atoms with Crippen LogP contribution in [0.3, 0.4) is 0 Å². The molecule has 1 N–H and O–H groups in total. The first-order valence-corrected chi connectivity index (χ1v) is 9.09.